The van der Waals surface area contributed by atoms with E-state index in [-0.39, 0.29) is 17.1 Å². The molecule has 0 aliphatic heterocycles. The Morgan fingerprint density at radius 2 is 1.89 bits per heavy atom. The van der Waals surface area contributed by atoms with Crippen molar-refractivity contribution >= 4 is 17.4 Å². The van der Waals surface area contributed by atoms with E-state index in [0.29, 0.717) is 0 Å². The quantitative estimate of drug-likeness (QED) is 0.619. The van der Waals surface area contributed by atoms with Crippen LogP contribution in [0.1, 0.15) is 17.3 Å². The van der Waals surface area contributed by atoms with Crippen LogP contribution in [0.25, 0.3) is 0 Å². The zero-order valence-electron chi connectivity index (χ0n) is 11.4. The number of carbonyl (C=O) groups is 1. The van der Waals surface area contributed by atoms with Gasteiger partial charge in [-0.25, -0.2) is 0 Å². The third-order valence-corrected chi connectivity index (χ3v) is 3.80. The van der Waals surface area contributed by atoms with Gasteiger partial charge in [-0.3, -0.25) is 4.79 Å². The number of hydrogen-bond acceptors (Lipinski definition) is 2. The molecule has 0 aromatic heterocycles. The lowest BCUT2D eigenvalue weighted by Gasteiger charge is -2.15. The van der Waals surface area contributed by atoms with E-state index in [1.807, 2.05) is 68.4 Å². The summed E-state index contributed by atoms with van der Waals surface area (Å²) in [6, 6.07) is 9.36. The van der Waals surface area contributed by atoms with Crippen molar-refractivity contribution in [2.24, 2.45) is 5.92 Å². The topological polar surface area (TPSA) is 20.3 Å². The smallest absolute Gasteiger partial charge is 0.169 e. The molecule has 0 bridgehead atoms. The second-order valence-electron chi connectivity index (χ2n) is 4.98. The highest BCUT2D eigenvalue weighted by Gasteiger charge is 2.27. The normalized spacial score (nSPS) is 19.7. The van der Waals surface area contributed by atoms with E-state index in [1.54, 1.807) is 0 Å². The Bertz CT molecular complexity index is 531. The largest absolute Gasteiger partial charge is 0.378 e. The van der Waals surface area contributed by atoms with Gasteiger partial charge in [-0.05, 0) is 17.7 Å². The second kappa shape index (κ2) is 5.62. The van der Waals surface area contributed by atoms with Gasteiger partial charge in [0, 0.05) is 31.3 Å². The van der Waals surface area contributed by atoms with Crippen LogP contribution in [-0.2, 0) is 0 Å². The fourth-order valence-electron chi connectivity index (χ4n) is 2.19. The Kier molecular flexibility index (Phi) is 4.11. The summed E-state index contributed by atoms with van der Waals surface area (Å²) in [4.78, 5) is 14.4. The maximum absolute atomic E-state index is 12.4. The molecule has 2 nitrogen and oxygen atoms in total. The molecular formula is C16H18ClNO. The van der Waals surface area contributed by atoms with Gasteiger partial charge in [-0.1, -0.05) is 37.3 Å². The molecule has 100 valence electrons. The molecule has 0 saturated carbocycles. The van der Waals surface area contributed by atoms with Crippen LogP contribution in [0.4, 0.5) is 0 Å². The number of rotatable bonds is 4. The second-order valence-corrected chi connectivity index (χ2v) is 5.45. The summed E-state index contributed by atoms with van der Waals surface area (Å²) < 4.78 is 0. The van der Waals surface area contributed by atoms with Gasteiger partial charge in [0.15, 0.2) is 5.78 Å². The molecule has 0 fully saturated rings. The molecule has 0 saturated heterocycles. The van der Waals surface area contributed by atoms with Gasteiger partial charge in [0.1, 0.15) is 0 Å². The number of likely N-dealkylation sites (N-methyl/N-ethyl adjacent to an activating group) is 1. The zero-order chi connectivity index (χ0) is 14.0. The number of benzene rings is 1. The number of nitrogens with zero attached hydrogens (tertiary/aromatic N) is 1. The van der Waals surface area contributed by atoms with Crippen molar-refractivity contribution in [3.05, 3.63) is 59.3 Å². The fourth-order valence-corrected chi connectivity index (χ4v) is 2.57. The van der Waals surface area contributed by atoms with Crippen LogP contribution >= 0.6 is 11.6 Å². The Hall–Kier alpha value is -1.54. The summed E-state index contributed by atoms with van der Waals surface area (Å²) in [5, 5.41) is -0.194. The fraction of sp³-hybridized carbons (Fsp3) is 0.312. The summed E-state index contributed by atoms with van der Waals surface area (Å²) in [6.45, 7) is 1.92. The Morgan fingerprint density at radius 3 is 2.42 bits per heavy atom. The summed E-state index contributed by atoms with van der Waals surface area (Å²) in [7, 11) is 3.94. The number of Topliss-reactive ketones (excluding diaryl/α,β-unsaturated/α-hetero) is 1. The van der Waals surface area contributed by atoms with E-state index >= 15 is 0 Å². The molecular weight excluding hydrogens is 258 g/mol. The number of carbonyl (C=O) groups excluding carboxylic acids is 1. The van der Waals surface area contributed by atoms with Gasteiger partial charge in [-0.2, -0.15) is 0 Å². The van der Waals surface area contributed by atoms with Crippen molar-refractivity contribution in [3.63, 3.8) is 0 Å². The van der Waals surface area contributed by atoms with E-state index in [2.05, 4.69) is 0 Å². The van der Waals surface area contributed by atoms with E-state index in [1.165, 1.54) is 0 Å². The highest BCUT2D eigenvalue weighted by Crippen LogP contribution is 2.31. The molecule has 2 atom stereocenters. The first-order valence-corrected chi connectivity index (χ1v) is 6.78. The molecule has 3 heteroatoms. The van der Waals surface area contributed by atoms with Crippen LogP contribution in [0.15, 0.2) is 53.8 Å². The average Bonchev–Trinajstić information content (AvgIpc) is 2.80. The van der Waals surface area contributed by atoms with Crippen LogP contribution in [0.2, 0.25) is 0 Å². The molecule has 1 aliphatic rings. The maximum atomic E-state index is 12.4. The van der Waals surface area contributed by atoms with E-state index in [9.17, 15) is 4.79 Å². The first kappa shape index (κ1) is 13.9. The van der Waals surface area contributed by atoms with Gasteiger partial charge >= 0.3 is 0 Å². The first-order chi connectivity index (χ1) is 9.00. The standard InChI is InChI=1S/C16H18ClNO/c1-11(16(19)12-7-5-4-6-8-12)14-9-13(18(2)3)10-15(14)17/h4-11,15H,1-3H3. The summed E-state index contributed by atoms with van der Waals surface area (Å²) in [5.41, 5.74) is 2.76. The first-order valence-electron chi connectivity index (χ1n) is 6.34. The van der Waals surface area contributed by atoms with Crippen LogP contribution in [0.3, 0.4) is 0 Å². The summed E-state index contributed by atoms with van der Waals surface area (Å²) in [6.07, 6.45) is 3.99. The molecule has 1 aromatic carbocycles. The van der Waals surface area contributed by atoms with Gasteiger partial charge in [0.2, 0.25) is 0 Å². The predicted octanol–water partition coefficient (Wildman–Crippen LogP) is 3.50. The summed E-state index contributed by atoms with van der Waals surface area (Å²) >= 11 is 6.32. The zero-order valence-corrected chi connectivity index (χ0v) is 12.2. The molecule has 19 heavy (non-hydrogen) atoms. The van der Waals surface area contributed by atoms with Crippen LogP contribution < -0.4 is 0 Å². The van der Waals surface area contributed by atoms with Crippen molar-refractivity contribution in [1.29, 1.82) is 0 Å². The maximum Gasteiger partial charge on any atom is 0.169 e. The van der Waals surface area contributed by atoms with Gasteiger partial charge in [0.05, 0.1) is 5.38 Å². The predicted molar refractivity (Wildman–Crippen MR) is 79.4 cm³/mol. The van der Waals surface area contributed by atoms with Gasteiger partial charge < -0.3 is 4.90 Å². The number of ketones is 1. The van der Waals surface area contributed by atoms with Crippen LogP contribution in [0, 0.1) is 5.92 Å². The Labute approximate surface area is 119 Å². The number of allylic oxidation sites excluding steroid dienone is 3. The average molecular weight is 276 g/mol. The third-order valence-electron chi connectivity index (χ3n) is 3.42. The van der Waals surface area contributed by atoms with E-state index in [0.717, 1.165) is 16.8 Å². The third kappa shape index (κ3) is 2.90. The number of halogens is 1. The molecule has 0 spiro atoms. The minimum absolute atomic E-state index is 0.117. The lowest BCUT2D eigenvalue weighted by atomic mass is 9.91. The van der Waals surface area contributed by atoms with Crippen molar-refractivity contribution in [2.75, 3.05) is 14.1 Å². The molecule has 0 amide bonds. The number of hydrogen-bond donors (Lipinski definition) is 0. The molecule has 1 aromatic rings. The lowest BCUT2D eigenvalue weighted by Crippen LogP contribution is -2.17. The van der Waals surface area contributed by atoms with Crippen LogP contribution in [0.5, 0.6) is 0 Å². The van der Waals surface area contributed by atoms with Crippen molar-refractivity contribution in [1.82, 2.24) is 4.90 Å². The minimum atomic E-state index is -0.196. The van der Waals surface area contributed by atoms with E-state index < -0.39 is 0 Å². The minimum Gasteiger partial charge on any atom is -0.378 e. The number of alkyl halides is 1. The molecule has 0 radical (unpaired) electrons. The summed E-state index contributed by atoms with van der Waals surface area (Å²) in [5.74, 6) is -0.0792. The van der Waals surface area contributed by atoms with Gasteiger partial charge in [-0.15, -0.1) is 11.6 Å². The molecule has 1 aliphatic carbocycles. The highest BCUT2D eigenvalue weighted by molar-refractivity contribution is 6.24. The van der Waals surface area contributed by atoms with E-state index in [4.69, 9.17) is 11.6 Å². The Morgan fingerprint density at radius 1 is 1.26 bits per heavy atom. The molecule has 0 N–H and O–H groups in total. The van der Waals surface area contributed by atoms with Gasteiger partial charge in [0.25, 0.3) is 0 Å². The Balaban J connectivity index is 2.20. The monoisotopic (exact) mass is 275 g/mol. The van der Waals surface area contributed by atoms with Crippen molar-refractivity contribution in [3.8, 4) is 0 Å². The molecule has 0 heterocycles. The highest BCUT2D eigenvalue weighted by atomic mass is 35.5. The van der Waals surface area contributed by atoms with Crippen molar-refractivity contribution < 1.29 is 4.79 Å². The van der Waals surface area contributed by atoms with Crippen LogP contribution in [-0.4, -0.2) is 30.2 Å². The van der Waals surface area contributed by atoms with Crippen molar-refractivity contribution in [2.45, 2.75) is 12.3 Å². The lowest BCUT2D eigenvalue weighted by molar-refractivity contribution is 0.0947. The molecule has 2 rings (SSSR count). The SMILES string of the molecule is CC(C(=O)c1ccccc1)C1=CC(N(C)C)=CC1Cl. The molecule has 2 unspecified atom stereocenters.